The normalized spacial score (nSPS) is 11.7. The largest absolute Gasteiger partial charge is 0.278 e. The molecule has 0 amide bonds. The summed E-state index contributed by atoms with van der Waals surface area (Å²) in [5.41, 5.74) is 6.66. The highest BCUT2D eigenvalue weighted by atomic mass is 15.1. The first-order valence-corrected chi connectivity index (χ1v) is 14.6. The van der Waals surface area contributed by atoms with Gasteiger partial charge in [0, 0.05) is 28.7 Å². The van der Waals surface area contributed by atoms with Gasteiger partial charge in [-0.2, -0.15) is 0 Å². The summed E-state index contributed by atoms with van der Waals surface area (Å²) in [7, 11) is 0. The summed E-state index contributed by atoms with van der Waals surface area (Å²) >= 11 is 0. The highest BCUT2D eigenvalue weighted by Crippen LogP contribution is 2.38. The van der Waals surface area contributed by atoms with Crippen molar-refractivity contribution in [3.8, 4) is 28.2 Å². The Morgan fingerprint density at radius 1 is 0.326 bits per heavy atom. The van der Waals surface area contributed by atoms with E-state index in [1.165, 1.54) is 54.2 Å². The molecule has 3 heteroatoms. The van der Waals surface area contributed by atoms with E-state index in [-0.39, 0.29) is 0 Å². The van der Waals surface area contributed by atoms with Gasteiger partial charge in [-0.1, -0.05) is 115 Å². The summed E-state index contributed by atoms with van der Waals surface area (Å²) in [5.74, 6) is 0.672. The first-order valence-electron chi connectivity index (χ1n) is 14.6. The molecule has 0 bridgehead atoms. The molecule has 9 aromatic rings. The van der Waals surface area contributed by atoms with Crippen LogP contribution in [0, 0.1) is 0 Å². The van der Waals surface area contributed by atoms with Crippen LogP contribution >= 0.6 is 0 Å². The van der Waals surface area contributed by atoms with E-state index in [2.05, 4.69) is 144 Å². The molecule has 0 spiro atoms. The van der Waals surface area contributed by atoms with Gasteiger partial charge in [-0.3, -0.25) is 4.57 Å². The molecule has 2 aromatic heterocycles. The lowest BCUT2D eigenvalue weighted by Crippen LogP contribution is -2.00. The molecule has 200 valence electrons. The molecule has 0 aliphatic heterocycles. The standard InChI is InChI=1S/C40H25N3/c1-2-14-32-30(12-1)31-13-3-4-15-33(31)37-23-28(20-21-34(32)37)26-10-9-11-27(22-26)29-24-41-40(42-25-29)43-38-18-7-5-16-35(38)36-17-6-8-19-39(36)43/h1-25H. The number of aromatic nitrogens is 3. The topological polar surface area (TPSA) is 30.7 Å². The molecule has 0 unspecified atom stereocenters. The van der Waals surface area contributed by atoms with Crippen LogP contribution < -0.4 is 0 Å². The van der Waals surface area contributed by atoms with Crippen LogP contribution in [0.25, 0.3) is 82.3 Å². The van der Waals surface area contributed by atoms with E-state index in [1.54, 1.807) is 0 Å². The molecule has 7 aromatic carbocycles. The van der Waals surface area contributed by atoms with Crippen LogP contribution in [0.2, 0.25) is 0 Å². The van der Waals surface area contributed by atoms with Gasteiger partial charge in [0.15, 0.2) is 0 Å². The van der Waals surface area contributed by atoms with Crippen LogP contribution in [0.5, 0.6) is 0 Å². The third-order valence-corrected chi connectivity index (χ3v) is 8.69. The molecule has 9 rings (SSSR count). The molecule has 0 fully saturated rings. The summed E-state index contributed by atoms with van der Waals surface area (Å²) in [6.07, 6.45) is 3.87. The average molecular weight is 548 g/mol. The van der Waals surface area contributed by atoms with E-state index in [9.17, 15) is 0 Å². The number of fused-ring (bicyclic) bond motifs is 9. The van der Waals surface area contributed by atoms with Crippen LogP contribution in [0.15, 0.2) is 152 Å². The zero-order chi connectivity index (χ0) is 28.3. The Bertz CT molecular complexity index is 2420. The Hall–Kier alpha value is -5.80. The molecule has 0 aliphatic carbocycles. The van der Waals surface area contributed by atoms with E-state index >= 15 is 0 Å². The van der Waals surface area contributed by atoms with Gasteiger partial charge in [-0.05, 0) is 73.3 Å². The summed E-state index contributed by atoms with van der Waals surface area (Å²) in [5, 5.41) is 10.1. The fraction of sp³-hybridized carbons (Fsp3) is 0. The van der Waals surface area contributed by atoms with Crippen LogP contribution in [-0.4, -0.2) is 14.5 Å². The minimum Gasteiger partial charge on any atom is -0.278 e. The van der Waals surface area contributed by atoms with Gasteiger partial charge in [-0.15, -0.1) is 0 Å². The molecular formula is C40H25N3. The van der Waals surface area contributed by atoms with Crippen molar-refractivity contribution in [3.05, 3.63) is 152 Å². The summed E-state index contributed by atoms with van der Waals surface area (Å²) in [6, 6.07) is 49.8. The van der Waals surface area contributed by atoms with Crippen molar-refractivity contribution in [2.75, 3.05) is 0 Å². The van der Waals surface area contributed by atoms with Gasteiger partial charge >= 0.3 is 0 Å². The zero-order valence-electron chi connectivity index (χ0n) is 23.3. The average Bonchev–Trinajstić information content (AvgIpc) is 3.43. The minimum absolute atomic E-state index is 0.672. The van der Waals surface area contributed by atoms with E-state index in [4.69, 9.17) is 9.97 Å². The smallest absolute Gasteiger partial charge is 0.234 e. The number of hydrogen-bond donors (Lipinski definition) is 0. The molecule has 0 aliphatic rings. The first-order chi connectivity index (χ1) is 21.3. The van der Waals surface area contributed by atoms with Crippen molar-refractivity contribution in [2.24, 2.45) is 0 Å². The molecule has 43 heavy (non-hydrogen) atoms. The number of nitrogens with zero attached hydrogens (tertiary/aromatic N) is 3. The van der Waals surface area contributed by atoms with Gasteiger partial charge in [0.25, 0.3) is 0 Å². The lowest BCUT2D eigenvalue weighted by molar-refractivity contribution is 0.990. The Morgan fingerprint density at radius 2 is 0.767 bits per heavy atom. The predicted octanol–water partition coefficient (Wildman–Crippen LogP) is 10.4. The quantitative estimate of drug-likeness (QED) is 0.206. The lowest BCUT2D eigenvalue weighted by Gasteiger charge is -2.12. The predicted molar refractivity (Wildman–Crippen MR) is 180 cm³/mol. The molecule has 0 saturated heterocycles. The van der Waals surface area contributed by atoms with E-state index in [0.29, 0.717) is 5.95 Å². The van der Waals surface area contributed by atoms with E-state index in [0.717, 1.165) is 22.2 Å². The first kappa shape index (κ1) is 23.9. The van der Waals surface area contributed by atoms with Gasteiger partial charge in [0.1, 0.15) is 0 Å². The summed E-state index contributed by atoms with van der Waals surface area (Å²) in [6.45, 7) is 0. The van der Waals surface area contributed by atoms with Gasteiger partial charge in [0.2, 0.25) is 5.95 Å². The highest BCUT2D eigenvalue weighted by Gasteiger charge is 2.14. The molecule has 0 saturated carbocycles. The Labute approximate surface area is 248 Å². The molecule has 0 radical (unpaired) electrons. The van der Waals surface area contributed by atoms with Crippen LogP contribution in [-0.2, 0) is 0 Å². The third-order valence-electron chi connectivity index (χ3n) is 8.69. The Morgan fingerprint density at radius 3 is 1.35 bits per heavy atom. The second-order valence-corrected chi connectivity index (χ2v) is 11.1. The van der Waals surface area contributed by atoms with Crippen LogP contribution in [0.3, 0.4) is 0 Å². The SMILES string of the molecule is c1cc(-c2cnc(-n3c4ccccc4c4ccccc43)nc2)cc(-c2ccc3c4ccccc4c4ccccc4c3c2)c1. The van der Waals surface area contributed by atoms with Crippen molar-refractivity contribution >= 4 is 54.1 Å². The van der Waals surface area contributed by atoms with Crippen LogP contribution in [0.4, 0.5) is 0 Å². The van der Waals surface area contributed by atoms with Crippen LogP contribution in [0.1, 0.15) is 0 Å². The minimum atomic E-state index is 0.672. The monoisotopic (exact) mass is 547 g/mol. The molecule has 3 nitrogen and oxygen atoms in total. The fourth-order valence-electron chi connectivity index (χ4n) is 6.69. The maximum atomic E-state index is 4.86. The van der Waals surface area contributed by atoms with Crippen molar-refractivity contribution in [3.63, 3.8) is 0 Å². The van der Waals surface area contributed by atoms with E-state index in [1.807, 2.05) is 12.4 Å². The Kier molecular flexibility index (Phi) is 5.20. The highest BCUT2D eigenvalue weighted by molar-refractivity contribution is 6.25. The Balaban J connectivity index is 1.14. The van der Waals surface area contributed by atoms with E-state index < -0.39 is 0 Å². The number of para-hydroxylation sites is 2. The lowest BCUT2D eigenvalue weighted by atomic mass is 9.91. The maximum Gasteiger partial charge on any atom is 0.234 e. The van der Waals surface area contributed by atoms with Crippen molar-refractivity contribution in [2.45, 2.75) is 0 Å². The van der Waals surface area contributed by atoms with Gasteiger partial charge < -0.3 is 0 Å². The van der Waals surface area contributed by atoms with Gasteiger partial charge in [0.05, 0.1) is 11.0 Å². The number of rotatable bonds is 3. The maximum absolute atomic E-state index is 4.86. The van der Waals surface area contributed by atoms with Crippen molar-refractivity contribution in [1.29, 1.82) is 0 Å². The zero-order valence-corrected chi connectivity index (χ0v) is 23.3. The number of benzene rings is 7. The van der Waals surface area contributed by atoms with Gasteiger partial charge in [-0.25, -0.2) is 9.97 Å². The summed E-state index contributed by atoms with van der Waals surface area (Å²) < 4.78 is 2.15. The molecular weight excluding hydrogens is 522 g/mol. The second kappa shape index (κ2) is 9.37. The molecule has 0 N–H and O–H groups in total. The molecule has 0 atom stereocenters. The molecule has 2 heterocycles. The third kappa shape index (κ3) is 3.68. The van der Waals surface area contributed by atoms with Crippen molar-refractivity contribution < 1.29 is 0 Å². The van der Waals surface area contributed by atoms with Crippen molar-refractivity contribution in [1.82, 2.24) is 14.5 Å². The second-order valence-electron chi connectivity index (χ2n) is 11.1. The number of hydrogen-bond acceptors (Lipinski definition) is 2. The summed E-state index contributed by atoms with van der Waals surface area (Å²) in [4.78, 5) is 9.71. The fourth-order valence-corrected chi connectivity index (χ4v) is 6.69.